The maximum atomic E-state index is 5.81. The molecule has 3 aromatic rings. The minimum absolute atomic E-state index is 0.358. The highest BCUT2D eigenvalue weighted by Gasteiger charge is 2.10. The number of para-hydroxylation sites is 1. The van der Waals surface area contributed by atoms with Crippen LogP contribution in [0.3, 0.4) is 0 Å². The molecule has 0 saturated carbocycles. The fourth-order valence-electron chi connectivity index (χ4n) is 2.11. The summed E-state index contributed by atoms with van der Waals surface area (Å²) in [6, 6.07) is 12.1. The van der Waals surface area contributed by atoms with Crippen molar-refractivity contribution < 1.29 is 0 Å². The molecular weight excluding hydrogens is 286 g/mol. The first-order valence-electron chi connectivity index (χ1n) is 6.19. The number of nitrogens with two attached hydrogens (primary N) is 1. The molecule has 0 amide bonds. The number of thiocarbonyl (C=S) groups is 1. The van der Waals surface area contributed by atoms with Crippen molar-refractivity contribution in [1.29, 1.82) is 0 Å². The Balaban J connectivity index is 2.05. The summed E-state index contributed by atoms with van der Waals surface area (Å²) < 4.78 is 0. The van der Waals surface area contributed by atoms with Gasteiger partial charge in [-0.1, -0.05) is 36.5 Å². The molecule has 2 aromatic heterocycles. The van der Waals surface area contributed by atoms with Gasteiger partial charge in [0.1, 0.15) is 4.99 Å². The Morgan fingerprint density at radius 3 is 2.85 bits per heavy atom. The second-order valence-electron chi connectivity index (χ2n) is 4.36. The topological polar surface area (TPSA) is 50.9 Å². The number of pyridine rings is 1. The predicted molar refractivity (Wildman–Crippen MR) is 89.3 cm³/mol. The lowest BCUT2D eigenvalue weighted by molar-refractivity contribution is 1.19. The van der Waals surface area contributed by atoms with Gasteiger partial charge in [0, 0.05) is 23.0 Å². The Bertz CT molecular complexity index is 751. The van der Waals surface area contributed by atoms with Gasteiger partial charge in [-0.15, -0.1) is 11.3 Å². The van der Waals surface area contributed by atoms with Crippen LogP contribution < -0.4 is 11.1 Å². The SMILES string of the molecule is NC(=S)c1cnc2ccccc2c1NCc1cccs1. The van der Waals surface area contributed by atoms with E-state index >= 15 is 0 Å². The van der Waals surface area contributed by atoms with Crippen molar-refractivity contribution in [1.82, 2.24) is 4.98 Å². The predicted octanol–water partition coefficient (Wildman–Crippen LogP) is 3.54. The summed E-state index contributed by atoms with van der Waals surface area (Å²) in [5.74, 6) is 0. The second-order valence-corrected chi connectivity index (χ2v) is 5.83. The number of thiophene rings is 1. The third kappa shape index (κ3) is 2.50. The molecule has 0 aliphatic heterocycles. The molecule has 0 bridgehead atoms. The summed E-state index contributed by atoms with van der Waals surface area (Å²) in [5.41, 5.74) is 8.48. The molecule has 0 saturated heterocycles. The van der Waals surface area contributed by atoms with Gasteiger partial charge < -0.3 is 11.1 Å². The van der Waals surface area contributed by atoms with Crippen molar-refractivity contribution in [2.45, 2.75) is 6.54 Å². The molecule has 0 fully saturated rings. The van der Waals surface area contributed by atoms with Crippen LogP contribution in [0, 0.1) is 0 Å². The summed E-state index contributed by atoms with van der Waals surface area (Å²) in [4.78, 5) is 6.03. The number of rotatable bonds is 4. The highest BCUT2D eigenvalue weighted by molar-refractivity contribution is 7.80. The van der Waals surface area contributed by atoms with Crippen molar-refractivity contribution in [2.24, 2.45) is 5.73 Å². The molecule has 5 heteroatoms. The molecule has 20 heavy (non-hydrogen) atoms. The van der Waals surface area contributed by atoms with E-state index in [4.69, 9.17) is 18.0 Å². The lowest BCUT2D eigenvalue weighted by atomic mass is 10.1. The maximum absolute atomic E-state index is 5.81. The maximum Gasteiger partial charge on any atom is 0.107 e. The number of hydrogen-bond acceptors (Lipinski definition) is 4. The van der Waals surface area contributed by atoms with E-state index in [1.165, 1.54) is 4.88 Å². The normalized spacial score (nSPS) is 10.6. The van der Waals surface area contributed by atoms with Crippen molar-refractivity contribution in [3.63, 3.8) is 0 Å². The van der Waals surface area contributed by atoms with Crippen LogP contribution in [0.5, 0.6) is 0 Å². The fourth-order valence-corrected chi connectivity index (χ4v) is 2.91. The lowest BCUT2D eigenvalue weighted by Gasteiger charge is -2.13. The molecule has 3 rings (SSSR count). The first-order chi connectivity index (χ1) is 9.75. The molecule has 3 N–H and O–H groups in total. The van der Waals surface area contributed by atoms with E-state index in [-0.39, 0.29) is 0 Å². The average Bonchev–Trinajstić information content (AvgIpc) is 2.97. The summed E-state index contributed by atoms with van der Waals surface area (Å²) in [6.45, 7) is 0.751. The van der Waals surface area contributed by atoms with Crippen molar-refractivity contribution in [3.8, 4) is 0 Å². The van der Waals surface area contributed by atoms with E-state index in [2.05, 4.69) is 21.7 Å². The Labute approximate surface area is 126 Å². The average molecular weight is 299 g/mol. The zero-order valence-corrected chi connectivity index (χ0v) is 12.3. The molecule has 0 unspecified atom stereocenters. The van der Waals surface area contributed by atoms with E-state index in [0.29, 0.717) is 4.99 Å². The summed E-state index contributed by atoms with van der Waals surface area (Å²) in [6.07, 6.45) is 1.74. The summed E-state index contributed by atoms with van der Waals surface area (Å²) in [7, 11) is 0. The van der Waals surface area contributed by atoms with Crippen LogP contribution >= 0.6 is 23.6 Å². The molecule has 100 valence electrons. The second kappa shape index (κ2) is 5.56. The van der Waals surface area contributed by atoms with Crippen LogP contribution in [-0.4, -0.2) is 9.97 Å². The number of nitrogens with one attached hydrogen (secondary N) is 1. The lowest BCUT2D eigenvalue weighted by Crippen LogP contribution is -2.14. The van der Waals surface area contributed by atoms with Crippen LogP contribution in [0.4, 0.5) is 5.69 Å². The first kappa shape index (κ1) is 13.0. The van der Waals surface area contributed by atoms with E-state index in [1.807, 2.05) is 30.3 Å². The van der Waals surface area contributed by atoms with Crippen LogP contribution in [0.15, 0.2) is 48.0 Å². The molecule has 0 radical (unpaired) electrons. The Hall–Kier alpha value is -1.98. The molecule has 2 heterocycles. The van der Waals surface area contributed by atoms with E-state index < -0.39 is 0 Å². The van der Waals surface area contributed by atoms with E-state index in [9.17, 15) is 0 Å². The minimum Gasteiger partial charge on any atom is -0.389 e. The molecule has 0 aliphatic carbocycles. The first-order valence-corrected chi connectivity index (χ1v) is 7.48. The minimum atomic E-state index is 0.358. The van der Waals surface area contributed by atoms with Gasteiger partial charge >= 0.3 is 0 Å². The van der Waals surface area contributed by atoms with Gasteiger partial charge in [0.05, 0.1) is 16.8 Å². The van der Waals surface area contributed by atoms with E-state index in [0.717, 1.165) is 28.7 Å². The molecule has 0 spiro atoms. The fraction of sp³-hybridized carbons (Fsp3) is 0.0667. The summed E-state index contributed by atoms with van der Waals surface area (Å²) in [5, 5.41) is 6.54. The third-order valence-electron chi connectivity index (χ3n) is 3.06. The van der Waals surface area contributed by atoms with Crippen LogP contribution in [0.2, 0.25) is 0 Å². The quantitative estimate of drug-likeness (QED) is 0.723. The standard InChI is InChI=1S/C15H13N3S2/c16-15(19)12-9-17-13-6-2-1-5-11(13)14(12)18-8-10-4-3-7-20-10/h1-7,9H,8H2,(H2,16,19)(H,17,18). The van der Waals surface area contributed by atoms with Gasteiger partial charge in [0.2, 0.25) is 0 Å². The zero-order chi connectivity index (χ0) is 13.9. The zero-order valence-electron chi connectivity index (χ0n) is 10.7. The molecule has 0 atom stereocenters. The Morgan fingerprint density at radius 1 is 1.25 bits per heavy atom. The number of fused-ring (bicyclic) bond motifs is 1. The Kier molecular flexibility index (Phi) is 3.62. The van der Waals surface area contributed by atoms with E-state index in [1.54, 1.807) is 17.5 Å². The molecular formula is C15H13N3S2. The third-order valence-corrected chi connectivity index (χ3v) is 4.16. The number of aromatic nitrogens is 1. The van der Waals surface area contributed by atoms with Crippen LogP contribution in [0.25, 0.3) is 10.9 Å². The van der Waals surface area contributed by atoms with Crippen molar-refractivity contribution in [3.05, 3.63) is 58.4 Å². The molecule has 3 nitrogen and oxygen atoms in total. The van der Waals surface area contributed by atoms with Gasteiger partial charge in [-0.25, -0.2) is 0 Å². The highest BCUT2D eigenvalue weighted by atomic mass is 32.1. The number of anilines is 1. The van der Waals surface area contributed by atoms with Gasteiger partial charge in [-0.3, -0.25) is 4.98 Å². The van der Waals surface area contributed by atoms with Gasteiger partial charge in [-0.2, -0.15) is 0 Å². The highest BCUT2D eigenvalue weighted by Crippen LogP contribution is 2.26. The smallest absolute Gasteiger partial charge is 0.107 e. The Morgan fingerprint density at radius 2 is 2.10 bits per heavy atom. The number of benzene rings is 1. The molecule has 1 aromatic carbocycles. The summed E-state index contributed by atoms with van der Waals surface area (Å²) >= 11 is 6.85. The van der Waals surface area contributed by atoms with Gasteiger partial charge in [-0.05, 0) is 17.5 Å². The monoisotopic (exact) mass is 299 g/mol. The van der Waals surface area contributed by atoms with Crippen molar-refractivity contribution in [2.75, 3.05) is 5.32 Å². The van der Waals surface area contributed by atoms with Crippen LogP contribution in [-0.2, 0) is 6.54 Å². The molecule has 0 aliphatic rings. The van der Waals surface area contributed by atoms with Gasteiger partial charge in [0.15, 0.2) is 0 Å². The largest absolute Gasteiger partial charge is 0.389 e. The van der Waals surface area contributed by atoms with Gasteiger partial charge in [0.25, 0.3) is 0 Å². The number of nitrogens with zero attached hydrogens (tertiary/aromatic N) is 1. The van der Waals surface area contributed by atoms with Crippen LogP contribution in [0.1, 0.15) is 10.4 Å². The number of hydrogen-bond donors (Lipinski definition) is 2. The van der Waals surface area contributed by atoms with Crippen molar-refractivity contribution >= 4 is 45.1 Å².